The zero-order chi connectivity index (χ0) is 24.1. The van der Waals surface area contributed by atoms with Gasteiger partial charge in [-0.25, -0.2) is 8.93 Å². The van der Waals surface area contributed by atoms with E-state index in [4.69, 9.17) is 0 Å². The Bertz CT molecular complexity index is 938. The molecule has 186 valence electrons. The zero-order valence-corrected chi connectivity index (χ0v) is 23.4. The Morgan fingerprint density at radius 3 is 1.82 bits per heavy atom. The monoisotopic (exact) mass is 497 g/mol. The van der Waals surface area contributed by atoms with Gasteiger partial charge in [-0.3, -0.25) is 0 Å². The first-order valence-electron chi connectivity index (χ1n) is 13.5. The molecule has 2 aromatic carbocycles. The van der Waals surface area contributed by atoms with Gasteiger partial charge in [-0.2, -0.15) is 0 Å². The number of nitrogens with one attached hydrogen (secondary N) is 1. The second-order valence-electron chi connectivity index (χ2n) is 11.3. The van der Waals surface area contributed by atoms with Crippen LogP contribution in [0.2, 0.25) is 0 Å². The molecule has 0 aromatic heterocycles. The van der Waals surface area contributed by atoms with Crippen molar-refractivity contribution < 1.29 is 4.21 Å². The van der Waals surface area contributed by atoms with Gasteiger partial charge in [0.2, 0.25) is 0 Å². The molecule has 0 amide bonds. The van der Waals surface area contributed by atoms with Gasteiger partial charge in [0.05, 0.1) is 21.8 Å². The van der Waals surface area contributed by atoms with E-state index in [0.717, 1.165) is 11.3 Å². The lowest BCUT2D eigenvalue weighted by Crippen LogP contribution is -2.38. The van der Waals surface area contributed by atoms with Gasteiger partial charge in [-0.1, -0.05) is 95.0 Å². The largest absolute Gasteiger partial charge is 0.242 e. The highest BCUT2D eigenvalue weighted by molar-refractivity contribution is 7.84. The highest BCUT2D eigenvalue weighted by Gasteiger charge is 2.35. The van der Waals surface area contributed by atoms with Crippen molar-refractivity contribution in [3.05, 3.63) is 65.2 Å². The van der Waals surface area contributed by atoms with Crippen LogP contribution < -0.4 is 10.0 Å². The fourth-order valence-corrected chi connectivity index (χ4v) is 10.7. The lowest BCUT2D eigenvalue weighted by Gasteiger charge is -2.40. The summed E-state index contributed by atoms with van der Waals surface area (Å²) < 4.78 is 16.7. The van der Waals surface area contributed by atoms with Crippen molar-refractivity contribution in [2.75, 3.05) is 0 Å². The summed E-state index contributed by atoms with van der Waals surface area (Å²) in [5, 5.41) is 1.59. The van der Waals surface area contributed by atoms with Crippen molar-refractivity contribution in [2.24, 2.45) is 0 Å². The Hall–Kier alpha value is -1.02. The smallest absolute Gasteiger partial charge is 0.0979 e. The minimum atomic E-state index is -1.15. The van der Waals surface area contributed by atoms with Gasteiger partial charge in [0.25, 0.3) is 0 Å². The van der Waals surface area contributed by atoms with E-state index in [1.165, 1.54) is 80.9 Å². The van der Waals surface area contributed by atoms with Gasteiger partial charge in [0.1, 0.15) is 0 Å². The third kappa shape index (κ3) is 6.21. The van der Waals surface area contributed by atoms with Gasteiger partial charge in [-0.05, 0) is 86.7 Å². The second kappa shape index (κ2) is 11.8. The summed E-state index contributed by atoms with van der Waals surface area (Å²) in [6, 6.07) is 17.8. The first kappa shape index (κ1) is 26.1. The van der Waals surface area contributed by atoms with Crippen LogP contribution in [0.15, 0.2) is 48.5 Å². The molecule has 0 saturated heterocycles. The van der Waals surface area contributed by atoms with Gasteiger partial charge in [0.15, 0.2) is 0 Å². The molecule has 2 nitrogen and oxygen atoms in total. The lowest BCUT2D eigenvalue weighted by molar-refractivity contribution is 0.487. The van der Waals surface area contributed by atoms with E-state index in [2.05, 4.69) is 80.9 Å². The minimum absolute atomic E-state index is 0.0466. The molecule has 2 aromatic rings. The number of hydrogen-bond donors (Lipinski definition) is 1. The molecule has 4 heteroatoms. The van der Waals surface area contributed by atoms with Crippen LogP contribution in [0.3, 0.4) is 0 Å². The quantitative estimate of drug-likeness (QED) is 0.387. The van der Waals surface area contributed by atoms with E-state index in [-0.39, 0.29) is 18.7 Å². The van der Waals surface area contributed by atoms with Crippen molar-refractivity contribution in [2.45, 2.75) is 114 Å². The van der Waals surface area contributed by atoms with Gasteiger partial charge < -0.3 is 0 Å². The molecule has 2 saturated carbocycles. The molecule has 4 rings (SSSR count). The van der Waals surface area contributed by atoms with Crippen LogP contribution in [0.4, 0.5) is 0 Å². The molecule has 1 N–H and O–H groups in total. The average molecular weight is 498 g/mol. The van der Waals surface area contributed by atoms with E-state index in [9.17, 15) is 4.21 Å². The molecular formula is C30H44NOPS. The normalized spacial score (nSPS) is 20.4. The lowest BCUT2D eigenvalue weighted by atomic mass is 9.96. The fourth-order valence-electron chi connectivity index (χ4n) is 5.87. The van der Waals surface area contributed by atoms with Crippen molar-refractivity contribution in [1.82, 2.24) is 4.72 Å². The average Bonchev–Trinajstić information content (AvgIpc) is 2.84. The Morgan fingerprint density at radius 2 is 1.29 bits per heavy atom. The van der Waals surface area contributed by atoms with E-state index in [1.54, 1.807) is 5.30 Å². The molecule has 0 heterocycles. The van der Waals surface area contributed by atoms with Gasteiger partial charge in [-0.15, -0.1) is 0 Å². The van der Waals surface area contributed by atoms with E-state index in [1.807, 2.05) is 0 Å². The Labute approximate surface area is 212 Å². The molecule has 2 unspecified atom stereocenters. The molecule has 2 aliphatic carbocycles. The van der Waals surface area contributed by atoms with Gasteiger partial charge >= 0.3 is 0 Å². The molecule has 0 aliphatic heterocycles. The van der Waals surface area contributed by atoms with Crippen LogP contribution in [0, 0.1) is 6.92 Å². The number of hydrogen-bond acceptors (Lipinski definition) is 1. The first-order chi connectivity index (χ1) is 16.4. The highest BCUT2D eigenvalue weighted by Crippen LogP contribution is 2.56. The van der Waals surface area contributed by atoms with Crippen LogP contribution in [-0.2, 0) is 11.0 Å². The summed E-state index contributed by atoms with van der Waals surface area (Å²) in [6.07, 6.45) is 14.0. The zero-order valence-electron chi connectivity index (χ0n) is 21.7. The fraction of sp³-hybridized carbons (Fsp3) is 0.600. The van der Waals surface area contributed by atoms with Crippen molar-refractivity contribution in [3.63, 3.8) is 0 Å². The van der Waals surface area contributed by atoms with Crippen molar-refractivity contribution in [3.8, 4) is 0 Å². The van der Waals surface area contributed by atoms with E-state index >= 15 is 0 Å². The molecule has 2 atom stereocenters. The van der Waals surface area contributed by atoms with Gasteiger partial charge in [0, 0.05) is 0 Å². The standard InChI is InChI=1S/C30H44NOPS/c1-23-15-11-12-20-26(23)29(31-34(32)30(2,3)4)27-21-13-14-22-28(27)33(24-16-7-5-8-17-24)25-18-9-6-10-19-25/h11-15,20-22,24-25,29,31H,5-10,16-19H2,1-4H3. The summed E-state index contributed by atoms with van der Waals surface area (Å²) in [4.78, 5) is 0. The predicted octanol–water partition coefficient (Wildman–Crippen LogP) is 7.91. The topological polar surface area (TPSA) is 29.1 Å². The van der Waals surface area contributed by atoms with E-state index < -0.39 is 11.0 Å². The Morgan fingerprint density at radius 1 is 0.794 bits per heavy atom. The summed E-state index contributed by atoms with van der Waals surface area (Å²) >= 11 is 0. The maximum absolute atomic E-state index is 13.4. The first-order valence-corrected chi connectivity index (χ1v) is 16.1. The predicted molar refractivity (Wildman–Crippen MR) is 151 cm³/mol. The summed E-state index contributed by atoms with van der Waals surface area (Å²) in [7, 11) is -1.39. The van der Waals surface area contributed by atoms with E-state index in [0.29, 0.717) is 0 Å². The summed E-state index contributed by atoms with van der Waals surface area (Å²) in [5.74, 6) is 0. The Balaban J connectivity index is 1.81. The van der Waals surface area contributed by atoms with Crippen molar-refractivity contribution >= 4 is 24.2 Å². The summed E-state index contributed by atoms with van der Waals surface area (Å²) in [5.41, 5.74) is 5.59. The van der Waals surface area contributed by atoms with Crippen molar-refractivity contribution in [1.29, 1.82) is 0 Å². The minimum Gasteiger partial charge on any atom is -0.242 e. The van der Waals surface area contributed by atoms with Crippen LogP contribution in [0.1, 0.15) is 108 Å². The molecule has 0 bridgehead atoms. The summed E-state index contributed by atoms with van der Waals surface area (Å²) in [6.45, 7) is 8.38. The second-order valence-corrected chi connectivity index (χ2v) is 16.1. The third-order valence-electron chi connectivity index (χ3n) is 7.74. The van der Waals surface area contributed by atoms with Crippen LogP contribution in [0.25, 0.3) is 0 Å². The third-order valence-corrected chi connectivity index (χ3v) is 12.9. The maximum Gasteiger partial charge on any atom is 0.0979 e. The molecule has 34 heavy (non-hydrogen) atoms. The number of rotatable bonds is 7. The maximum atomic E-state index is 13.4. The highest BCUT2D eigenvalue weighted by atomic mass is 32.2. The molecular weight excluding hydrogens is 453 g/mol. The van der Waals surface area contributed by atoms with Crippen LogP contribution in [-0.4, -0.2) is 20.3 Å². The molecule has 0 radical (unpaired) electrons. The SMILES string of the molecule is Cc1ccccc1C(NS(=O)C(C)(C)C)c1ccccc1P(C1CCCCC1)C1CCCCC1. The molecule has 2 aliphatic rings. The number of aryl methyl sites for hydroxylation is 1. The Kier molecular flexibility index (Phi) is 9.05. The van der Waals surface area contributed by atoms with Crippen LogP contribution >= 0.6 is 7.92 Å². The number of benzene rings is 2. The van der Waals surface area contributed by atoms with Crippen LogP contribution in [0.5, 0.6) is 0 Å². The molecule has 2 fully saturated rings. The molecule has 0 spiro atoms.